The number of nitrogens with one attached hydrogen (secondary N) is 1. The Morgan fingerprint density at radius 1 is 1.48 bits per heavy atom. The molecule has 1 aromatic heterocycles. The van der Waals surface area contributed by atoms with E-state index in [4.69, 9.17) is 0 Å². The maximum Gasteiger partial charge on any atom is 0.288 e. The van der Waals surface area contributed by atoms with E-state index in [0.717, 1.165) is 12.6 Å². The standard InChI is InChI=1S/C14H20N4O3/c1-9-4-5-17(8-10(9)2)14(19)12-6-11(18(20)21)7-16-13(12)15-3/h6-7,9-10H,4-5,8H2,1-3H3,(H,15,16). The average molecular weight is 292 g/mol. The van der Waals surface area contributed by atoms with Gasteiger partial charge in [-0.15, -0.1) is 0 Å². The summed E-state index contributed by atoms with van der Waals surface area (Å²) in [6, 6.07) is 1.30. The van der Waals surface area contributed by atoms with Crippen LogP contribution in [0.15, 0.2) is 12.3 Å². The second kappa shape index (κ2) is 6.07. The van der Waals surface area contributed by atoms with Crippen LogP contribution in [0.25, 0.3) is 0 Å². The molecule has 2 atom stereocenters. The summed E-state index contributed by atoms with van der Waals surface area (Å²) >= 11 is 0. The number of rotatable bonds is 3. The highest BCUT2D eigenvalue weighted by Crippen LogP contribution is 2.26. The number of amides is 1. The van der Waals surface area contributed by atoms with Gasteiger partial charge in [-0.05, 0) is 18.3 Å². The van der Waals surface area contributed by atoms with Crippen molar-refractivity contribution in [3.05, 3.63) is 27.9 Å². The molecule has 7 nitrogen and oxygen atoms in total. The zero-order chi connectivity index (χ0) is 15.6. The normalized spacial score (nSPS) is 22.0. The lowest BCUT2D eigenvalue weighted by molar-refractivity contribution is -0.385. The number of piperidine rings is 1. The third kappa shape index (κ3) is 3.12. The van der Waals surface area contributed by atoms with Crippen LogP contribution in [-0.2, 0) is 0 Å². The van der Waals surface area contributed by atoms with Gasteiger partial charge in [-0.1, -0.05) is 13.8 Å². The van der Waals surface area contributed by atoms with E-state index in [2.05, 4.69) is 24.1 Å². The first-order valence-corrected chi connectivity index (χ1v) is 7.05. The van der Waals surface area contributed by atoms with E-state index >= 15 is 0 Å². The van der Waals surface area contributed by atoms with E-state index in [1.165, 1.54) is 6.07 Å². The lowest BCUT2D eigenvalue weighted by atomic mass is 9.88. The highest BCUT2D eigenvalue weighted by molar-refractivity contribution is 5.99. The molecular formula is C14H20N4O3. The Bertz CT molecular complexity index is 561. The summed E-state index contributed by atoms with van der Waals surface area (Å²) < 4.78 is 0. The third-order valence-corrected chi connectivity index (χ3v) is 4.17. The van der Waals surface area contributed by atoms with Crippen molar-refractivity contribution >= 4 is 17.4 Å². The van der Waals surface area contributed by atoms with Crippen molar-refractivity contribution in [2.45, 2.75) is 20.3 Å². The Morgan fingerprint density at radius 2 is 2.19 bits per heavy atom. The molecule has 7 heteroatoms. The molecule has 0 saturated carbocycles. The second-order valence-electron chi connectivity index (χ2n) is 5.59. The Hall–Kier alpha value is -2.18. The van der Waals surface area contributed by atoms with Crippen LogP contribution in [-0.4, -0.2) is 40.9 Å². The number of nitrogens with zero attached hydrogens (tertiary/aromatic N) is 3. The molecule has 1 aromatic rings. The molecule has 1 aliphatic rings. The van der Waals surface area contributed by atoms with Gasteiger partial charge in [0.1, 0.15) is 12.0 Å². The van der Waals surface area contributed by atoms with E-state index in [9.17, 15) is 14.9 Å². The number of likely N-dealkylation sites (tertiary alicyclic amines) is 1. The van der Waals surface area contributed by atoms with Crippen LogP contribution >= 0.6 is 0 Å². The van der Waals surface area contributed by atoms with Crippen LogP contribution in [0, 0.1) is 22.0 Å². The zero-order valence-corrected chi connectivity index (χ0v) is 12.5. The Morgan fingerprint density at radius 3 is 2.76 bits per heavy atom. The van der Waals surface area contributed by atoms with Gasteiger partial charge < -0.3 is 10.2 Å². The minimum Gasteiger partial charge on any atom is -0.372 e. The molecule has 2 rings (SSSR count). The second-order valence-corrected chi connectivity index (χ2v) is 5.59. The first kappa shape index (κ1) is 15.2. The Balaban J connectivity index is 2.29. The van der Waals surface area contributed by atoms with Crippen molar-refractivity contribution in [3.8, 4) is 0 Å². The smallest absolute Gasteiger partial charge is 0.288 e. The van der Waals surface area contributed by atoms with Gasteiger partial charge in [0, 0.05) is 26.2 Å². The van der Waals surface area contributed by atoms with Crippen LogP contribution in [0.5, 0.6) is 0 Å². The van der Waals surface area contributed by atoms with Gasteiger partial charge in [-0.2, -0.15) is 0 Å². The SMILES string of the molecule is CNc1ncc([N+](=O)[O-])cc1C(=O)N1CCC(C)C(C)C1. The Kier molecular flexibility index (Phi) is 4.40. The van der Waals surface area contributed by atoms with Crippen molar-refractivity contribution in [3.63, 3.8) is 0 Å². The number of aromatic nitrogens is 1. The number of hydrogen-bond acceptors (Lipinski definition) is 5. The maximum atomic E-state index is 12.6. The summed E-state index contributed by atoms with van der Waals surface area (Å²) in [5, 5.41) is 13.7. The van der Waals surface area contributed by atoms with Crippen LogP contribution < -0.4 is 5.32 Å². The molecule has 0 spiro atoms. The van der Waals surface area contributed by atoms with Crippen molar-refractivity contribution in [2.24, 2.45) is 11.8 Å². The molecule has 0 aliphatic carbocycles. The van der Waals surface area contributed by atoms with Crippen molar-refractivity contribution < 1.29 is 9.72 Å². The number of carbonyl (C=O) groups excluding carboxylic acids is 1. The minimum absolute atomic E-state index is 0.171. The summed E-state index contributed by atoms with van der Waals surface area (Å²) in [5.74, 6) is 1.18. The summed E-state index contributed by atoms with van der Waals surface area (Å²) in [6.45, 7) is 5.65. The van der Waals surface area contributed by atoms with E-state index in [1.54, 1.807) is 11.9 Å². The van der Waals surface area contributed by atoms with Gasteiger partial charge in [0.05, 0.1) is 10.5 Å². The molecule has 1 N–H and O–H groups in total. The van der Waals surface area contributed by atoms with Crippen molar-refractivity contribution in [1.29, 1.82) is 0 Å². The molecule has 114 valence electrons. The lowest BCUT2D eigenvalue weighted by Gasteiger charge is -2.35. The third-order valence-electron chi connectivity index (χ3n) is 4.17. The first-order chi connectivity index (χ1) is 9.93. The summed E-state index contributed by atoms with van der Waals surface area (Å²) in [4.78, 5) is 28.7. The van der Waals surface area contributed by atoms with Gasteiger partial charge >= 0.3 is 0 Å². The maximum absolute atomic E-state index is 12.6. The summed E-state index contributed by atoms with van der Waals surface area (Å²) in [5.41, 5.74) is 0.0872. The van der Waals surface area contributed by atoms with E-state index in [1.807, 2.05) is 0 Å². The number of hydrogen-bond donors (Lipinski definition) is 1. The van der Waals surface area contributed by atoms with E-state index in [-0.39, 0.29) is 17.2 Å². The molecule has 1 saturated heterocycles. The highest BCUT2D eigenvalue weighted by atomic mass is 16.6. The molecule has 2 heterocycles. The molecule has 1 amide bonds. The van der Waals surface area contributed by atoms with Gasteiger partial charge in [-0.3, -0.25) is 14.9 Å². The number of pyridine rings is 1. The monoisotopic (exact) mass is 292 g/mol. The number of anilines is 1. The molecule has 0 radical (unpaired) electrons. The van der Waals surface area contributed by atoms with Crippen LogP contribution in [0.2, 0.25) is 0 Å². The molecule has 0 aromatic carbocycles. The minimum atomic E-state index is -0.538. The topological polar surface area (TPSA) is 88.4 Å². The van der Waals surface area contributed by atoms with Crippen molar-refractivity contribution in [2.75, 3.05) is 25.5 Å². The van der Waals surface area contributed by atoms with Gasteiger partial charge in [-0.25, -0.2) is 4.98 Å². The molecule has 21 heavy (non-hydrogen) atoms. The van der Waals surface area contributed by atoms with Gasteiger partial charge in [0.2, 0.25) is 0 Å². The molecular weight excluding hydrogens is 272 g/mol. The lowest BCUT2D eigenvalue weighted by Crippen LogP contribution is -2.42. The Labute approximate surface area is 123 Å². The predicted molar refractivity (Wildman–Crippen MR) is 79.3 cm³/mol. The predicted octanol–water partition coefficient (Wildman–Crippen LogP) is 2.15. The summed E-state index contributed by atoms with van der Waals surface area (Å²) in [7, 11) is 1.64. The fraction of sp³-hybridized carbons (Fsp3) is 0.571. The van der Waals surface area contributed by atoms with Crippen molar-refractivity contribution in [1.82, 2.24) is 9.88 Å². The molecule has 2 unspecified atom stereocenters. The zero-order valence-electron chi connectivity index (χ0n) is 12.5. The van der Waals surface area contributed by atoms with Gasteiger partial charge in [0.25, 0.3) is 11.6 Å². The fourth-order valence-electron chi connectivity index (χ4n) is 2.53. The van der Waals surface area contributed by atoms with Crippen LogP contribution in [0.3, 0.4) is 0 Å². The molecule has 1 fully saturated rings. The number of carbonyl (C=O) groups is 1. The van der Waals surface area contributed by atoms with Gasteiger partial charge in [0.15, 0.2) is 0 Å². The summed E-state index contributed by atoms with van der Waals surface area (Å²) in [6.07, 6.45) is 2.10. The number of nitro groups is 1. The largest absolute Gasteiger partial charge is 0.372 e. The van der Waals surface area contributed by atoms with Crippen LogP contribution in [0.1, 0.15) is 30.6 Å². The molecule has 0 bridgehead atoms. The van der Waals surface area contributed by atoms with E-state index < -0.39 is 4.92 Å². The van der Waals surface area contributed by atoms with Crippen LogP contribution in [0.4, 0.5) is 11.5 Å². The first-order valence-electron chi connectivity index (χ1n) is 7.05. The average Bonchev–Trinajstić information content (AvgIpc) is 2.48. The quantitative estimate of drug-likeness (QED) is 0.681. The fourth-order valence-corrected chi connectivity index (χ4v) is 2.53. The highest BCUT2D eigenvalue weighted by Gasteiger charge is 2.29. The molecule has 1 aliphatic heterocycles. The van der Waals surface area contributed by atoms with E-state index in [0.29, 0.717) is 30.7 Å².